The van der Waals surface area contributed by atoms with Gasteiger partial charge in [-0.05, 0) is 48.5 Å². The molecule has 0 radical (unpaired) electrons. The van der Waals surface area contributed by atoms with Crippen LogP contribution in [-0.4, -0.2) is 26.2 Å². The first-order valence-corrected chi connectivity index (χ1v) is 7.40. The van der Waals surface area contributed by atoms with Gasteiger partial charge in [-0.3, -0.25) is 4.79 Å². The second kappa shape index (κ2) is 8.54. The fourth-order valence-corrected chi connectivity index (χ4v) is 1.88. The van der Waals surface area contributed by atoms with Crippen molar-refractivity contribution in [3.63, 3.8) is 0 Å². The molecule has 0 atom stereocenters. The van der Waals surface area contributed by atoms with E-state index in [1.54, 1.807) is 55.6 Å². The minimum Gasteiger partial charge on any atom is -0.497 e. The molecule has 0 N–H and O–H groups in total. The zero-order valence-electron chi connectivity index (χ0n) is 14.0. The van der Waals surface area contributed by atoms with E-state index in [0.717, 1.165) is 0 Å². The van der Waals surface area contributed by atoms with Crippen LogP contribution in [0.2, 0.25) is 0 Å². The second-order valence-corrected chi connectivity index (χ2v) is 4.99. The molecule has 0 aliphatic heterocycles. The molecule has 2 rings (SSSR count). The van der Waals surface area contributed by atoms with Crippen molar-refractivity contribution in [1.82, 2.24) is 0 Å². The Labute approximate surface area is 145 Å². The first-order valence-electron chi connectivity index (χ1n) is 7.40. The molecule has 130 valence electrons. The molecule has 0 unspecified atom stereocenters. The van der Waals surface area contributed by atoms with Crippen LogP contribution in [0.4, 0.5) is 0 Å². The molecule has 6 nitrogen and oxygen atoms in total. The third-order valence-corrected chi connectivity index (χ3v) is 3.21. The summed E-state index contributed by atoms with van der Waals surface area (Å²) >= 11 is 0. The molecule has 0 bridgehead atoms. The summed E-state index contributed by atoms with van der Waals surface area (Å²) in [5.74, 6) is 0.658. The van der Waals surface area contributed by atoms with Gasteiger partial charge in [0.15, 0.2) is 0 Å². The zero-order valence-corrected chi connectivity index (χ0v) is 14.0. The van der Waals surface area contributed by atoms with Gasteiger partial charge in [0, 0.05) is 5.57 Å². The Morgan fingerprint density at radius 3 is 1.60 bits per heavy atom. The average molecular weight is 342 g/mol. The van der Waals surface area contributed by atoms with E-state index in [9.17, 15) is 9.59 Å². The maximum atomic E-state index is 12.0. The van der Waals surface area contributed by atoms with E-state index < -0.39 is 11.9 Å². The van der Waals surface area contributed by atoms with Crippen LogP contribution in [-0.2, 0) is 9.59 Å². The quantitative estimate of drug-likeness (QED) is 0.437. The minimum atomic E-state index is -0.697. The highest BCUT2D eigenvalue weighted by Gasteiger charge is 2.16. The van der Waals surface area contributed by atoms with E-state index in [-0.39, 0.29) is 12.0 Å². The van der Waals surface area contributed by atoms with Crippen molar-refractivity contribution in [2.45, 2.75) is 6.42 Å². The molecule has 0 aromatic heterocycles. The van der Waals surface area contributed by atoms with Crippen LogP contribution in [0.3, 0.4) is 0 Å². The fourth-order valence-electron chi connectivity index (χ4n) is 1.88. The summed E-state index contributed by atoms with van der Waals surface area (Å²) in [6, 6.07) is 13.0. The normalized spacial score (nSPS) is 9.84. The van der Waals surface area contributed by atoms with Crippen molar-refractivity contribution in [1.29, 1.82) is 0 Å². The topological polar surface area (TPSA) is 71.1 Å². The molecule has 6 heteroatoms. The smallest absolute Gasteiger partial charge is 0.339 e. The monoisotopic (exact) mass is 342 g/mol. The van der Waals surface area contributed by atoms with Crippen LogP contribution in [0.1, 0.15) is 6.42 Å². The van der Waals surface area contributed by atoms with Crippen molar-refractivity contribution in [3.8, 4) is 23.0 Å². The third kappa shape index (κ3) is 5.39. The first-order chi connectivity index (χ1) is 12.0. The summed E-state index contributed by atoms with van der Waals surface area (Å²) < 4.78 is 20.3. The molecule has 2 aromatic rings. The maximum Gasteiger partial charge on any atom is 0.339 e. The predicted molar refractivity (Wildman–Crippen MR) is 91.0 cm³/mol. The summed E-state index contributed by atoms with van der Waals surface area (Å²) in [6.45, 7) is 3.57. The van der Waals surface area contributed by atoms with E-state index in [1.807, 2.05) is 0 Å². The van der Waals surface area contributed by atoms with Gasteiger partial charge >= 0.3 is 11.9 Å². The van der Waals surface area contributed by atoms with Crippen molar-refractivity contribution in [2.24, 2.45) is 0 Å². The van der Waals surface area contributed by atoms with Gasteiger partial charge < -0.3 is 18.9 Å². The van der Waals surface area contributed by atoms with Crippen LogP contribution in [0.5, 0.6) is 23.0 Å². The number of hydrogen-bond donors (Lipinski definition) is 0. The van der Waals surface area contributed by atoms with Gasteiger partial charge in [-0.1, -0.05) is 6.58 Å². The summed E-state index contributed by atoms with van der Waals surface area (Å²) in [6.07, 6.45) is -0.277. The molecule has 25 heavy (non-hydrogen) atoms. The minimum absolute atomic E-state index is 0.00525. The molecule has 0 saturated carbocycles. The molecule has 0 amide bonds. The maximum absolute atomic E-state index is 12.0. The second-order valence-electron chi connectivity index (χ2n) is 4.99. The molecule has 0 aliphatic rings. The number of hydrogen-bond acceptors (Lipinski definition) is 6. The summed E-state index contributed by atoms with van der Waals surface area (Å²) in [5.41, 5.74) is -0.00525. The fraction of sp³-hybridized carbons (Fsp3) is 0.158. The highest BCUT2D eigenvalue weighted by Crippen LogP contribution is 2.20. The SMILES string of the molecule is C=C(CC(=O)Oc1ccc(OC)cc1)C(=O)Oc1ccc(OC)cc1. The van der Waals surface area contributed by atoms with E-state index in [2.05, 4.69) is 6.58 Å². The van der Waals surface area contributed by atoms with Crippen LogP contribution in [0.15, 0.2) is 60.7 Å². The van der Waals surface area contributed by atoms with Crippen LogP contribution >= 0.6 is 0 Å². The third-order valence-electron chi connectivity index (χ3n) is 3.21. The lowest BCUT2D eigenvalue weighted by atomic mass is 10.2. The Hall–Kier alpha value is -3.28. The molecule has 0 fully saturated rings. The van der Waals surface area contributed by atoms with Crippen molar-refractivity contribution in [2.75, 3.05) is 14.2 Å². The molecular weight excluding hydrogens is 324 g/mol. The Balaban J connectivity index is 1.86. The summed E-state index contributed by atoms with van der Waals surface area (Å²) in [7, 11) is 3.08. The predicted octanol–water partition coefficient (Wildman–Crippen LogP) is 3.16. The lowest BCUT2D eigenvalue weighted by molar-refractivity contribution is -0.136. The number of carbonyl (C=O) groups is 2. The number of methoxy groups -OCH3 is 2. The molecule has 2 aromatic carbocycles. The van der Waals surface area contributed by atoms with E-state index in [4.69, 9.17) is 18.9 Å². The van der Waals surface area contributed by atoms with Gasteiger partial charge in [0.05, 0.1) is 20.6 Å². The van der Waals surface area contributed by atoms with E-state index in [0.29, 0.717) is 23.0 Å². The Morgan fingerprint density at radius 2 is 1.16 bits per heavy atom. The first kappa shape index (κ1) is 18.1. The van der Waals surface area contributed by atoms with Crippen LogP contribution in [0, 0.1) is 0 Å². The number of ether oxygens (including phenoxy) is 4. The van der Waals surface area contributed by atoms with Gasteiger partial charge in [0.2, 0.25) is 0 Å². The van der Waals surface area contributed by atoms with E-state index >= 15 is 0 Å². The molecule has 0 heterocycles. The molecule has 0 saturated heterocycles. The lowest BCUT2D eigenvalue weighted by Crippen LogP contribution is -2.16. The van der Waals surface area contributed by atoms with Gasteiger partial charge in [-0.15, -0.1) is 0 Å². The number of rotatable bonds is 7. The molecular formula is C19H18O6. The van der Waals surface area contributed by atoms with Gasteiger partial charge in [0.25, 0.3) is 0 Å². The van der Waals surface area contributed by atoms with Gasteiger partial charge in [-0.2, -0.15) is 0 Å². The summed E-state index contributed by atoms with van der Waals surface area (Å²) in [5, 5.41) is 0. The van der Waals surface area contributed by atoms with Gasteiger partial charge in [-0.25, -0.2) is 4.79 Å². The van der Waals surface area contributed by atoms with Crippen LogP contribution in [0.25, 0.3) is 0 Å². The van der Waals surface area contributed by atoms with Crippen molar-refractivity contribution in [3.05, 3.63) is 60.7 Å². The number of carbonyl (C=O) groups excluding carboxylic acids is 2. The Morgan fingerprint density at radius 1 is 0.760 bits per heavy atom. The van der Waals surface area contributed by atoms with Crippen molar-refractivity contribution >= 4 is 11.9 Å². The standard InChI is InChI=1S/C19H18O6/c1-13(19(21)25-17-10-6-15(23-3)7-11-17)12-18(20)24-16-8-4-14(22-2)5-9-16/h4-11H,1,12H2,2-3H3. The van der Waals surface area contributed by atoms with Gasteiger partial charge in [0.1, 0.15) is 23.0 Å². The van der Waals surface area contributed by atoms with Crippen molar-refractivity contribution < 1.29 is 28.5 Å². The molecule has 0 aliphatic carbocycles. The Bertz CT molecular complexity index is 746. The van der Waals surface area contributed by atoms with E-state index in [1.165, 1.54) is 7.11 Å². The largest absolute Gasteiger partial charge is 0.497 e. The highest BCUT2D eigenvalue weighted by molar-refractivity contribution is 5.94. The molecule has 0 spiro atoms. The lowest BCUT2D eigenvalue weighted by Gasteiger charge is -2.08. The summed E-state index contributed by atoms with van der Waals surface area (Å²) in [4.78, 5) is 23.8. The average Bonchev–Trinajstić information content (AvgIpc) is 2.62. The van der Waals surface area contributed by atoms with Crippen LogP contribution < -0.4 is 18.9 Å². The number of benzene rings is 2. The zero-order chi connectivity index (χ0) is 18.2. The Kier molecular flexibility index (Phi) is 6.17. The number of esters is 2. The highest BCUT2D eigenvalue weighted by atomic mass is 16.5.